The Morgan fingerprint density at radius 3 is 2.79 bits per heavy atom. The van der Waals surface area contributed by atoms with Crippen molar-refractivity contribution in [2.45, 2.75) is 39.5 Å². The summed E-state index contributed by atoms with van der Waals surface area (Å²) in [5, 5.41) is 0. The highest BCUT2D eigenvalue weighted by atomic mass is 16.1. The Labute approximate surface area is 85.4 Å². The molecule has 0 bridgehead atoms. The number of ketones is 1. The summed E-state index contributed by atoms with van der Waals surface area (Å²) in [7, 11) is 0. The lowest BCUT2D eigenvalue weighted by atomic mass is 10.0. The van der Waals surface area contributed by atoms with Crippen molar-refractivity contribution in [1.29, 1.82) is 0 Å². The third-order valence-corrected chi connectivity index (χ3v) is 2.24. The van der Waals surface area contributed by atoms with E-state index in [-0.39, 0.29) is 5.78 Å². The summed E-state index contributed by atoms with van der Waals surface area (Å²) in [6.07, 6.45) is 3.18. The van der Waals surface area contributed by atoms with Crippen molar-refractivity contribution in [2.24, 2.45) is 0 Å². The van der Waals surface area contributed by atoms with Crippen LogP contribution in [0.2, 0.25) is 0 Å². The van der Waals surface area contributed by atoms with E-state index in [4.69, 9.17) is 0 Å². The Bertz CT molecular complexity index is 318. The van der Waals surface area contributed by atoms with Gasteiger partial charge >= 0.3 is 0 Å². The van der Waals surface area contributed by atoms with Crippen LogP contribution in [-0.2, 0) is 11.2 Å². The molecule has 1 aromatic heterocycles. The Balaban J connectivity index is 2.68. The highest BCUT2D eigenvalue weighted by Gasteiger charge is 2.02. The Morgan fingerprint density at radius 2 is 2.21 bits per heavy atom. The molecule has 0 aliphatic heterocycles. The Morgan fingerprint density at radius 1 is 1.50 bits per heavy atom. The highest BCUT2D eigenvalue weighted by Crippen LogP contribution is 2.14. The molecule has 0 saturated heterocycles. The highest BCUT2D eigenvalue weighted by molar-refractivity contribution is 5.75. The largest absolute Gasteiger partial charge is 0.300 e. The number of hydrogen-bond donors (Lipinski definition) is 0. The summed E-state index contributed by atoms with van der Waals surface area (Å²) in [6.45, 7) is 5.93. The lowest BCUT2D eigenvalue weighted by Gasteiger charge is -2.06. The molecule has 1 aromatic rings. The molecular formula is C12H17NO. The first-order chi connectivity index (χ1) is 6.59. The van der Waals surface area contributed by atoms with Gasteiger partial charge in [-0.25, -0.2) is 0 Å². The normalized spacial score (nSPS) is 10.6. The van der Waals surface area contributed by atoms with Gasteiger partial charge < -0.3 is 4.79 Å². The topological polar surface area (TPSA) is 30.0 Å². The molecule has 0 amide bonds. The molecular weight excluding hydrogens is 174 g/mol. The number of nitrogens with zero attached hydrogens (tertiary/aromatic N) is 1. The second-order valence-corrected chi connectivity index (χ2v) is 3.94. The van der Waals surface area contributed by atoms with E-state index in [1.54, 1.807) is 6.92 Å². The summed E-state index contributed by atoms with van der Waals surface area (Å²) in [5.74, 6) is 0.746. The zero-order valence-electron chi connectivity index (χ0n) is 9.08. The summed E-state index contributed by atoms with van der Waals surface area (Å²) in [6, 6.07) is 4.12. The minimum atomic E-state index is 0.224. The fourth-order valence-electron chi connectivity index (χ4n) is 1.30. The van der Waals surface area contributed by atoms with E-state index in [1.807, 2.05) is 12.3 Å². The lowest BCUT2D eigenvalue weighted by molar-refractivity contribution is -0.116. The van der Waals surface area contributed by atoms with Gasteiger partial charge in [-0.05, 0) is 37.0 Å². The van der Waals surface area contributed by atoms with Gasteiger partial charge in [0.1, 0.15) is 5.78 Å². The second kappa shape index (κ2) is 4.89. The molecule has 2 heteroatoms. The second-order valence-electron chi connectivity index (χ2n) is 3.94. The molecule has 0 radical (unpaired) electrons. The van der Waals surface area contributed by atoms with E-state index in [2.05, 4.69) is 24.9 Å². The summed E-state index contributed by atoms with van der Waals surface area (Å²) in [4.78, 5) is 15.0. The number of carbonyl (C=O) groups excluding carboxylic acids is 1. The van der Waals surface area contributed by atoms with Crippen molar-refractivity contribution in [3.8, 4) is 0 Å². The molecule has 0 aliphatic carbocycles. The predicted molar refractivity (Wildman–Crippen MR) is 57.3 cm³/mol. The molecule has 0 aliphatic rings. The first-order valence-electron chi connectivity index (χ1n) is 5.04. The number of aryl methyl sites for hydroxylation is 1. The minimum absolute atomic E-state index is 0.224. The van der Waals surface area contributed by atoms with Crippen LogP contribution in [0.3, 0.4) is 0 Å². The van der Waals surface area contributed by atoms with Crippen molar-refractivity contribution in [3.63, 3.8) is 0 Å². The number of Topliss-reactive ketones (excluding diaryl/α,β-unsaturated/α-hetero) is 1. The van der Waals surface area contributed by atoms with Crippen molar-refractivity contribution < 1.29 is 4.79 Å². The van der Waals surface area contributed by atoms with E-state index in [0.29, 0.717) is 12.3 Å². The Hall–Kier alpha value is -1.18. The van der Waals surface area contributed by atoms with Crippen LogP contribution in [0.15, 0.2) is 18.3 Å². The average Bonchev–Trinajstić information content (AvgIpc) is 2.15. The van der Waals surface area contributed by atoms with Crippen LogP contribution >= 0.6 is 0 Å². The first kappa shape index (κ1) is 10.9. The molecule has 0 fully saturated rings. The molecule has 76 valence electrons. The summed E-state index contributed by atoms with van der Waals surface area (Å²) >= 11 is 0. The third-order valence-electron chi connectivity index (χ3n) is 2.24. The van der Waals surface area contributed by atoms with Crippen LogP contribution in [0.5, 0.6) is 0 Å². The quantitative estimate of drug-likeness (QED) is 0.732. The van der Waals surface area contributed by atoms with Gasteiger partial charge in [-0.3, -0.25) is 4.98 Å². The van der Waals surface area contributed by atoms with Crippen molar-refractivity contribution in [2.75, 3.05) is 0 Å². The van der Waals surface area contributed by atoms with Gasteiger partial charge in [0.25, 0.3) is 0 Å². The van der Waals surface area contributed by atoms with Crippen LogP contribution in [-0.4, -0.2) is 10.8 Å². The van der Waals surface area contributed by atoms with Crippen LogP contribution in [0.25, 0.3) is 0 Å². The minimum Gasteiger partial charge on any atom is -0.300 e. The van der Waals surface area contributed by atoms with Crippen LogP contribution < -0.4 is 0 Å². The fourth-order valence-corrected chi connectivity index (χ4v) is 1.30. The number of carbonyl (C=O) groups is 1. The molecule has 14 heavy (non-hydrogen) atoms. The molecule has 1 heterocycles. The van der Waals surface area contributed by atoms with Gasteiger partial charge in [-0.1, -0.05) is 13.8 Å². The van der Waals surface area contributed by atoms with E-state index >= 15 is 0 Å². The van der Waals surface area contributed by atoms with Crippen LogP contribution in [0.4, 0.5) is 0 Å². The van der Waals surface area contributed by atoms with Gasteiger partial charge in [-0.2, -0.15) is 0 Å². The fraction of sp³-hybridized carbons (Fsp3) is 0.500. The monoisotopic (exact) mass is 191 g/mol. The summed E-state index contributed by atoms with van der Waals surface area (Å²) in [5.41, 5.74) is 2.31. The maximum atomic E-state index is 10.8. The van der Waals surface area contributed by atoms with Gasteiger partial charge in [0.05, 0.1) is 0 Å². The average molecular weight is 191 g/mol. The number of hydrogen-bond acceptors (Lipinski definition) is 2. The smallest absolute Gasteiger partial charge is 0.130 e. The first-order valence-corrected chi connectivity index (χ1v) is 5.04. The van der Waals surface area contributed by atoms with E-state index < -0.39 is 0 Å². The standard InChI is InChI=1S/C12H17NO/c1-9(2)11-6-7-13-12(8-11)5-4-10(3)14/h6-9H,4-5H2,1-3H3. The predicted octanol–water partition coefficient (Wildman–Crippen LogP) is 2.73. The maximum Gasteiger partial charge on any atom is 0.130 e. The van der Waals surface area contributed by atoms with Crippen molar-refractivity contribution >= 4 is 5.78 Å². The summed E-state index contributed by atoms with van der Waals surface area (Å²) < 4.78 is 0. The van der Waals surface area contributed by atoms with Crippen molar-refractivity contribution in [3.05, 3.63) is 29.6 Å². The molecule has 0 saturated carbocycles. The van der Waals surface area contributed by atoms with E-state index in [0.717, 1.165) is 12.1 Å². The molecule has 2 nitrogen and oxygen atoms in total. The van der Waals surface area contributed by atoms with Crippen LogP contribution in [0, 0.1) is 0 Å². The molecule has 0 aromatic carbocycles. The van der Waals surface area contributed by atoms with Gasteiger partial charge in [0.15, 0.2) is 0 Å². The molecule has 0 atom stereocenters. The lowest BCUT2D eigenvalue weighted by Crippen LogP contribution is -1.98. The van der Waals surface area contributed by atoms with Gasteiger partial charge in [0, 0.05) is 18.3 Å². The maximum absolute atomic E-state index is 10.8. The van der Waals surface area contributed by atoms with Crippen molar-refractivity contribution in [1.82, 2.24) is 4.98 Å². The third kappa shape index (κ3) is 3.29. The van der Waals surface area contributed by atoms with E-state index in [1.165, 1.54) is 5.56 Å². The van der Waals surface area contributed by atoms with E-state index in [9.17, 15) is 4.79 Å². The zero-order valence-corrected chi connectivity index (χ0v) is 9.08. The Kier molecular flexibility index (Phi) is 3.81. The molecule has 1 rings (SSSR count). The van der Waals surface area contributed by atoms with Gasteiger partial charge in [-0.15, -0.1) is 0 Å². The number of aromatic nitrogens is 1. The molecule has 0 N–H and O–H groups in total. The SMILES string of the molecule is CC(=O)CCc1cc(C(C)C)ccn1. The number of rotatable bonds is 4. The number of pyridine rings is 1. The zero-order chi connectivity index (χ0) is 10.6. The molecule has 0 spiro atoms. The van der Waals surface area contributed by atoms with Gasteiger partial charge in [0.2, 0.25) is 0 Å². The van der Waals surface area contributed by atoms with Crippen LogP contribution in [0.1, 0.15) is 44.4 Å². The molecule has 0 unspecified atom stereocenters.